The lowest BCUT2D eigenvalue weighted by molar-refractivity contribution is -0.0380. The second-order valence-electron chi connectivity index (χ2n) is 7.61. The Hall–Kier alpha value is -3.45. The van der Waals surface area contributed by atoms with Crippen molar-refractivity contribution in [2.75, 3.05) is 13.7 Å². The minimum atomic E-state index is -0.698. The van der Waals surface area contributed by atoms with Crippen molar-refractivity contribution in [2.24, 2.45) is 5.16 Å². The fourth-order valence-electron chi connectivity index (χ4n) is 3.32. The normalized spacial score (nSPS) is 13.6. The monoisotopic (exact) mass is 461 g/mol. The zero-order chi connectivity index (χ0) is 23.8. The minimum Gasteiger partial charge on any atom is -0.505 e. The van der Waals surface area contributed by atoms with Crippen LogP contribution in [-0.4, -0.2) is 36.8 Å². The first-order valence-corrected chi connectivity index (χ1v) is 11.1. The molecular formula is C28H31NO5. The zero-order valence-electron chi connectivity index (χ0n) is 19.3. The van der Waals surface area contributed by atoms with Crippen molar-refractivity contribution in [2.45, 2.75) is 32.0 Å². The number of rotatable bonds is 14. The van der Waals surface area contributed by atoms with Gasteiger partial charge in [-0.2, -0.15) is 0 Å². The molecule has 0 bridgehead atoms. The smallest absolute Gasteiger partial charge is 0.131 e. The molecule has 0 fully saturated rings. The van der Waals surface area contributed by atoms with Crippen LogP contribution >= 0.6 is 0 Å². The lowest BCUT2D eigenvalue weighted by Gasteiger charge is -2.26. The van der Waals surface area contributed by atoms with Crippen LogP contribution in [0.25, 0.3) is 0 Å². The molecule has 0 aliphatic rings. The fraction of sp³-hybridized carbons (Fsp3) is 0.250. The van der Waals surface area contributed by atoms with Gasteiger partial charge < -0.3 is 24.2 Å². The van der Waals surface area contributed by atoms with Crippen LogP contribution in [0.1, 0.15) is 16.7 Å². The number of benzene rings is 3. The van der Waals surface area contributed by atoms with Gasteiger partial charge in [-0.1, -0.05) is 96.2 Å². The molecule has 0 radical (unpaired) electrons. The Bertz CT molecular complexity index is 993. The summed E-state index contributed by atoms with van der Waals surface area (Å²) < 4.78 is 23.4. The standard InChI is InChI=1S/C28H31NO5/c1-31-18-17-27(33-20-24-13-7-3-8-14-24)28(34-21-25-15-9-4-10-16-25)26(29-30)22-32-19-23-11-5-2-6-12-23/h2-18,27-28,30H,19-22H2,1H3/b18-17+,29-26+/t27-,28-/m1/s1. The van der Waals surface area contributed by atoms with E-state index in [1.165, 1.54) is 6.26 Å². The number of oxime groups is 1. The summed E-state index contributed by atoms with van der Waals surface area (Å²) in [5.74, 6) is 0. The minimum absolute atomic E-state index is 0.0802. The largest absolute Gasteiger partial charge is 0.505 e. The van der Waals surface area contributed by atoms with Crippen LogP contribution in [0.2, 0.25) is 0 Å². The van der Waals surface area contributed by atoms with E-state index in [2.05, 4.69) is 5.16 Å². The van der Waals surface area contributed by atoms with E-state index in [4.69, 9.17) is 18.9 Å². The van der Waals surface area contributed by atoms with E-state index in [0.29, 0.717) is 25.5 Å². The summed E-state index contributed by atoms with van der Waals surface area (Å²) in [6.45, 7) is 1.13. The average Bonchev–Trinajstić information content (AvgIpc) is 2.90. The summed E-state index contributed by atoms with van der Waals surface area (Å²) in [5.41, 5.74) is 3.36. The number of nitrogens with zero attached hydrogens (tertiary/aromatic N) is 1. The molecule has 0 unspecified atom stereocenters. The molecule has 0 aliphatic heterocycles. The predicted octanol–water partition coefficient (Wildman–Crippen LogP) is 5.36. The fourth-order valence-corrected chi connectivity index (χ4v) is 3.32. The van der Waals surface area contributed by atoms with Crippen molar-refractivity contribution in [3.63, 3.8) is 0 Å². The molecule has 178 valence electrons. The van der Waals surface area contributed by atoms with Crippen LogP contribution in [0.5, 0.6) is 0 Å². The van der Waals surface area contributed by atoms with Gasteiger partial charge in [-0.05, 0) is 22.8 Å². The van der Waals surface area contributed by atoms with Gasteiger partial charge in [0.2, 0.25) is 0 Å². The van der Waals surface area contributed by atoms with Crippen LogP contribution in [0.4, 0.5) is 0 Å². The van der Waals surface area contributed by atoms with E-state index in [1.54, 1.807) is 13.2 Å². The summed E-state index contributed by atoms with van der Waals surface area (Å²) in [6.07, 6.45) is 2.01. The van der Waals surface area contributed by atoms with Crippen LogP contribution in [-0.2, 0) is 38.8 Å². The van der Waals surface area contributed by atoms with Gasteiger partial charge >= 0.3 is 0 Å². The van der Waals surface area contributed by atoms with Crippen LogP contribution in [0.15, 0.2) is 108 Å². The molecule has 34 heavy (non-hydrogen) atoms. The summed E-state index contributed by atoms with van der Waals surface area (Å²) >= 11 is 0. The SMILES string of the molecule is CO/C=C/[C@@H](OCc1ccccc1)[C@H](OCc1ccccc1)/C(COCc1ccccc1)=N/O. The lowest BCUT2D eigenvalue weighted by atomic mass is 10.1. The molecule has 0 aromatic heterocycles. The third kappa shape index (κ3) is 8.48. The maximum absolute atomic E-state index is 9.87. The first-order valence-electron chi connectivity index (χ1n) is 11.1. The molecule has 3 rings (SSSR count). The molecule has 0 aliphatic carbocycles. The molecule has 0 amide bonds. The Balaban J connectivity index is 1.75. The lowest BCUT2D eigenvalue weighted by Crippen LogP contribution is -2.39. The molecule has 0 saturated heterocycles. The second kappa shape index (κ2) is 14.6. The first-order chi connectivity index (χ1) is 16.8. The third-order valence-corrected chi connectivity index (χ3v) is 5.08. The van der Waals surface area contributed by atoms with Crippen LogP contribution < -0.4 is 0 Å². The van der Waals surface area contributed by atoms with Gasteiger partial charge in [-0.15, -0.1) is 0 Å². The van der Waals surface area contributed by atoms with Crippen LogP contribution in [0.3, 0.4) is 0 Å². The van der Waals surface area contributed by atoms with Gasteiger partial charge in [0.05, 0.1) is 39.8 Å². The Morgan fingerprint density at radius 3 is 1.76 bits per heavy atom. The first kappa shape index (κ1) is 25.2. The molecular weight excluding hydrogens is 430 g/mol. The van der Waals surface area contributed by atoms with Gasteiger partial charge in [0.25, 0.3) is 0 Å². The highest BCUT2D eigenvalue weighted by atomic mass is 16.5. The van der Waals surface area contributed by atoms with Gasteiger partial charge in [-0.3, -0.25) is 0 Å². The maximum Gasteiger partial charge on any atom is 0.131 e. The van der Waals surface area contributed by atoms with Gasteiger partial charge in [0.1, 0.15) is 17.9 Å². The second-order valence-corrected chi connectivity index (χ2v) is 7.61. The van der Waals surface area contributed by atoms with E-state index >= 15 is 0 Å². The van der Waals surface area contributed by atoms with E-state index < -0.39 is 12.2 Å². The van der Waals surface area contributed by atoms with E-state index in [0.717, 1.165) is 16.7 Å². The Morgan fingerprint density at radius 1 is 0.765 bits per heavy atom. The number of methoxy groups -OCH3 is 1. The highest BCUT2D eigenvalue weighted by Gasteiger charge is 2.28. The van der Waals surface area contributed by atoms with Crippen molar-refractivity contribution >= 4 is 5.71 Å². The predicted molar refractivity (Wildman–Crippen MR) is 132 cm³/mol. The molecule has 0 saturated carbocycles. The number of hydrogen-bond acceptors (Lipinski definition) is 6. The zero-order valence-corrected chi connectivity index (χ0v) is 19.3. The van der Waals surface area contributed by atoms with Crippen molar-refractivity contribution in [3.05, 3.63) is 120 Å². The van der Waals surface area contributed by atoms with Crippen LogP contribution in [0, 0.1) is 0 Å². The maximum atomic E-state index is 9.87. The number of ether oxygens (including phenoxy) is 4. The van der Waals surface area contributed by atoms with Crippen molar-refractivity contribution < 1.29 is 24.2 Å². The molecule has 0 spiro atoms. The Kier molecular flexibility index (Phi) is 10.8. The van der Waals surface area contributed by atoms with Gasteiger partial charge in [0, 0.05) is 0 Å². The average molecular weight is 462 g/mol. The van der Waals surface area contributed by atoms with Crippen molar-refractivity contribution in [1.82, 2.24) is 0 Å². The molecule has 6 nitrogen and oxygen atoms in total. The highest BCUT2D eigenvalue weighted by Crippen LogP contribution is 2.16. The summed E-state index contributed by atoms with van der Waals surface area (Å²) in [7, 11) is 1.56. The quantitative estimate of drug-likeness (QED) is 0.151. The molecule has 1 N–H and O–H groups in total. The Labute approximate surface area is 201 Å². The highest BCUT2D eigenvalue weighted by molar-refractivity contribution is 5.90. The molecule has 6 heteroatoms. The van der Waals surface area contributed by atoms with Gasteiger partial charge in [-0.25, -0.2) is 0 Å². The van der Waals surface area contributed by atoms with E-state index in [-0.39, 0.29) is 6.61 Å². The Morgan fingerprint density at radius 2 is 1.26 bits per heavy atom. The van der Waals surface area contributed by atoms with Crippen molar-refractivity contribution in [3.8, 4) is 0 Å². The summed E-state index contributed by atoms with van der Waals surface area (Å²) in [5, 5.41) is 13.4. The third-order valence-electron chi connectivity index (χ3n) is 5.08. The molecule has 3 aromatic rings. The molecule has 0 heterocycles. The topological polar surface area (TPSA) is 69.5 Å². The number of hydrogen-bond donors (Lipinski definition) is 1. The summed E-state index contributed by atoms with van der Waals surface area (Å²) in [4.78, 5) is 0. The van der Waals surface area contributed by atoms with E-state index in [9.17, 15) is 5.21 Å². The summed E-state index contributed by atoms with van der Waals surface area (Å²) in [6, 6.07) is 29.5. The molecule has 2 atom stereocenters. The van der Waals surface area contributed by atoms with Crippen molar-refractivity contribution in [1.29, 1.82) is 0 Å². The molecule has 3 aromatic carbocycles. The van der Waals surface area contributed by atoms with E-state index in [1.807, 2.05) is 91.0 Å². The van der Waals surface area contributed by atoms with Gasteiger partial charge in [0.15, 0.2) is 0 Å².